The first-order valence-corrected chi connectivity index (χ1v) is 10.7. The van der Waals surface area contributed by atoms with E-state index in [0.29, 0.717) is 11.8 Å². The first-order valence-electron chi connectivity index (χ1n) is 10.7. The molecule has 0 aromatic carbocycles. The Kier molecular flexibility index (Phi) is 5.18. The summed E-state index contributed by atoms with van der Waals surface area (Å²) < 4.78 is 19.4. The molecule has 0 amide bonds. The van der Waals surface area contributed by atoms with Crippen molar-refractivity contribution < 1.29 is 19.3 Å². The molecule has 1 N–H and O–H groups in total. The van der Waals surface area contributed by atoms with Gasteiger partial charge in [-0.25, -0.2) is 0 Å². The van der Waals surface area contributed by atoms with E-state index >= 15 is 0 Å². The molecule has 0 aromatic rings. The van der Waals surface area contributed by atoms with Gasteiger partial charge in [-0.3, -0.25) is 0 Å². The summed E-state index contributed by atoms with van der Waals surface area (Å²) in [5.74, 6) is -0.226. The van der Waals surface area contributed by atoms with Crippen molar-refractivity contribution in [2.24, 2.45) is 11.8 Å². The summed E-state index contributed by atoms with van der Waals surface area (Å²) in [6.07, 6.45) is 13.0. The predicted molar refractivity (Wildman–Crippen MR) is 96.0 cm³/mol. The summed E-state index contributed by atoms with van der Waals surface area (Å²) in [6, 6.07) is 0. The maximum absolute atomic E-state index is 10.8. The summed E-state index contributed by atoms with van der Waals surface area (Å²) in [6.45, 7) is 4.57. The van der Waals surface area contributed by atoms with E-state index in [1.165, 1.54) is 25.7 Å². The smallest absolute Gasteiger partial charge is 0.169 e. The van der Waals surface area contributed by atoms with Crippen molar-refractivity contribution in [1.29, 1.82) is 0 Å². The minimum Gasteiger partial charge on any atom is -0.365 e. The van der Waals surface area contributed by atoms with Crippen LogP contribution in [0.4, 0.5) is 0 Å². The second-order valence-corrected chi connectivity index (χ2v) is 9.34. The summed E-state index contributed by atoms with van der Waals surface area (Å²) in [7, 11) is 0. The van der Waals surface area contributed by atoms with Gasteiger partial charge in [-0.05, 0) is 43.9 Å². The molecule has 1 heterocycles. The molecular weight excluding hydrogens is 316 g/mol. The minimum absolute atomic E-state index is 0.0964. The van der Waals surface area contributed by atoms with Crippen molar-refractivity contribution >= 4 is 0 Å². The summed E-state index contributed by atoms with van der Waals surface area (Å²) in [5.41, 5.74) is 0. The Morgan fingerprint density at radius 3 is 2.16 bits per heavy atom. The Bertz CT molecular complexity index is 451. The van der Waals surface area contributed by atoms with Crippen LogP contribution in [0.5, 0.6) is 0 Å². The Hall–Kier alpha value is -0.160. The van der Waals surface area contributed by atoms with Gasteiger partial charge in [0.25, 0.3) is 0 Å². The zero-order chi connectivity index (χ0) is 17.5. The molecule has 4 rings (SSSR count). The number of hydrogen-bond acceptors (Lipinski definition) is 4. The van der Waals surface area contributed by atoms with Gasteiger partial charge in [-0.1, -0.05) is 26.7 Å². The maximum Gasteiger partial charge on any atom is 0.169 e. The Balaban J connectivity index is 1.46. The van der Waals surface area contributed by atoms with Gasteiger partial charge in [0.15, 0.2) is 11.6 Å². The molecule has 0 radical (unpaired) electrons. The van der Waals surface area contributed by atoms with Crippen molar-refractivity contribution in [3.8, 4) is 0 Å². The van der Waals surface area contributed by atoms with Gasteiger partial charge >= 0.3 is 0 Å². The van der Waals surface area contributed by atoms with Gasteiger partial charge in [-0.2, -0.15) is 0 Å². The van der Waals surface area contributed by atoms with Crippen LogP contribution >= 0.6 is 0 Å². The molecular formula is C21H36O4. The van der Waals surface area contributed by atoms with Gasteiger partial charge in [0.1, 0.15) is 0 Å². The first-order chi connectivity index (χ1) is 12.0. The van der Waals surface area contributed by atoms with Crippen molar-refractivity contribution in [3.05, 3.63) is 0 Å². The van der Waals surface area contributed by atoms with Crippen LogP contribution in [0.1, 0.15) is 90.9 Å². The van der Waals surface area contributed by atoms with Crippen molar-refractivity contribution in [2.75, 3.05) is 0 Å². The van der Waals surface area contributed by atoms with E-state index in [-0.39, 0.29) is 24.1 Å². The summed E-state index contributed by atoms with van der Waals surface area (Å²) >= 11 is 0. The number of rotatable bonds is 3. The first kappa shape index (κ1) is 18.2. The van der Waals surface area contributed by atoms with Crippen molar-refractivity contribution in [1.82, 2.24) is 0 Å². The summed E-state index contributed by atoms with van der Waals surface area (Å²) in [5, 5.41) is 10.8. The molecule has 3 saturated carbocycles. The lowest BCUT2D eigenvalue weighted by molar-refractivity contribution is -0.258. The van der Waals surface area contributed by atoms with Gasteiger partial charge in [0, 0.05) is 32.1 Å². The highest BCUT2D eigenvalue weighted by molar-refractivity contribution is 4.98. The number of fused-ring (bicyclic) bond motifs is 1. The van der Waals surface area contributed by atoms with Gasteiger partial charge in [-0.15, -0.1) is 0 Å². The highest BCUT2D eigenvalue weighted by atomic mass is 16.8. The maximum atomic E-state index is 10.8. The minimum atomic E-state index is -0.904. The lowest BCUT2D eigenvalue weighted by Gasteiger charge is -2.42. The van der Waals surface area contributed by atoms with Gasteiger partial charge in [0.05, 0.1) is 18.3 Å². The Labute approximate surface area is 152 Å². The van der Waals surface area contributed by atoms with Crippen LogP contribution in [0.3, 0.4) is 0 Å². The largest absolute Gasteiger partial charge is 0.365 e. The van der Waals surface area contributed by atoms with Crippen molar-refractivity contribution in [2.45, 2.75) is 121 Å². The topological polar surface area (TPSA) is 47.9 Å². The van der Waals surface area contributed by atoms with E-state index in [0.717, 1.165) is 51.4 Å². The van der Waals surface area contributed by atoms with Crippen LogP contribution in [0.25, 0.3) is 0 Å². The zero-order valence-corrected chi connectivity index (χ0v) is 16.0. The molecule has 4 heteroatoms. The van der Waals surface area contributed by atoms with Crippen LogP contribution in [-0.2, 0) is 14.2 Å². The number of hydrogen-bond donors (Lipinski definition) is 1. The predicted octanol–water partition coefficient (Wildman–Crippen LogP) is 4.53. The normalized spacial score (nSPS) is 40.3. The third kappa shape index (κ3) is 3.78. The van der Waals surface area contributed by atoms with E-state index < -0.39 is 5.79 Å². The van der Waals surface area contributed by atoms with E-state index in [1.807, 2.05) is 0 Å². The standard InChI is InChI=1S/C21H36O4/c1-15(2)17-13-16(23-20(22)9-5-3-6-10-20)14-18-19(17)25-21(24-18)11-7-4-8-12-21/h15-19,22H,3-14H2,1-2H3. The average Bonchev–Trinajstić information content (AvgIpc) is 2.92. The molecule has 0 bridgehead atoms. The molecule has 25 heavy (non-hydrogen) atoms. The fourth-order valence-electron chi connectivity index (χ4n) is 5.64. The van der Waals surface area contributed by atoms with Gasteiger partial charge in [0.2, 0.25) is 0 Å². The monoisotopic (exact) mass is 352 g/mol. The molecule has 4 atom stereocenters. The lowest BCUT2D eigenvalue weighted by atomic mass is 9.76. The van der Waals surface area contributed by atoms with E-state index in [1.54, 1.807) is 0 Å². The molecule has 4 nitrogen and oxygen atoms in total. The molecule has 1 saturated heterocycles. The van der Waals surface area contributed by atoms with Crippen LogP contribution in [0.15, 0.2) is 0 Å². The zero-order valence-electron chi connectivity index (χ0n) is 16.0. The van der Waals surface area contributed by atoms with Crippen LogP contribution in [0, 0.1) is 11.8 Å². The fourth-order valence-corrected chi connectivity index (χ4v) is 5.64. The molecule has 4 aliphatic rings. The highest BCUT2D eigenvalue weighted by Crippen LogP contribution is 2.49. The van der Waals surface area contributed by atoms with Gasteiger partial charge < -0.3 is 19.3 Å². The van der Waals surface area contributed by atoms with E-state index in [9.17, 15) is 5.11 Å². The highest BCUT2D eigenvalue weighted by Gasteiger charge is 2.54. The quantitative estimate of drug-likeness (QED) is 0.758. The molecule has 1 aliphatic heterocycles. The van der Waals surface area contributed by atoms with Crippen LogP contribution in [0.2, 0.25) is 0 Å². The fraction of sp³-hybridized carbons (Fsp3) is 1.00. The second kappa shape index (κ2) is 7.10. The SMILES string of the molecule is CC(C)C1CC(OC2(O)CCCCC2)CC2OC3(CCCCC3)OC21. The number of ether oxygens (including phenoxy) is 3. The lowest BCUT2D eigenvalue weighted by Crippen LogP contribution is -2.48. The summed E-state index contributed by atoms with van der Waals surface area (Å²) in [4.78, 5) is 0. The molecule has 4 unspecified atom stereocenters. The third-order valence-electron chi connectivity index (χ3n) is 7.03. The molecule has 144 valence electrons. The second-order valence-electron chi connectivity index (χ2n) is 9.34. The van der Waals surface area contributed by atoms with Crippen LogP contribution < -0.4 is 0 Å². The Morgan fingerprint density at radius 2 is 1.52 bits per heavy atom. The Morgan fingerprint density at radius 1 is 0.880 bits per heavy atom. The average molecular weight is 353 g/mol. The number of aliphatic hydroxyl groups is 1. The molecule has 3 aliphatic carbocycles. The third-order valence-corrected chi connectivity index (χ3v) is 7.03. The van der Waals surface area contributed by atoms with Crippen molar-refractivity contribution in [3.63, 3.8) is 0 Å². The molecule has 4 fully saturated rings. The van der Waals surface area contributed by atoms with Crippen LogP contribution in [-0.4, -0.2) is 35.0 Å². The van der Waals surface area contributed by atoms with E-state index in [2.05, 4.69) is 13.8 Å². The molecule has 1 spiro atoms. The van der Waals surface area contributed by atoms with E-state index in [4.69, 9.17) is 14.2 Å². The molecule has 0 aromatic heterocycles.